The maximum absolute atomic E-state index is 5.97. The Labute approximate surface area is 231 Å². The maximum Gasteiger partial charge on any atom is 0.119 e. The molecule has 0 heterocycles. The molecule has 0 aliphatic heterocycles. The molecule has 5 rings (SSSR count). The fourth-order valence-corrected chi connectivity index (χ4v) is 5.48. The minimum absolute atomic E-state index is 0.457. The summed E-state index contributed by atoms with van der Waals surface area (Å²) >= 11 is 0. The average Bonchev–Trinajstić information content (AvgIpc) is 3.29. The van der Waals surface area contributed by atoms with E-state index in [9.17, 15) is 0 Å². The Hall–Kier alpha value is -3.86. The van der Waals surface area contributed by atoms with Crippen LogP contribution in [0.1, 0.15) is 35.6 Å². The molecule has 0 spiro atoms. The van der Waals surface area contributed by atoms with Crippen LogP contribution in [0.15, 0.2) is 110 Å². The number of hydrogen-bond acceptors (Lipinski definition) is 4. The predicted molar refractivity (Wildman–Crippen MR) is 157 cm³/mol. The molecule has 0 N–H and O–H groups in total. The van der Waals surface area contributed by atoms with Gasteiger partial charge in [-0.25, -0.2) is 0 Å². The summed E-state index contributed by atoms with van der Waals surface area (Å²) in [4.78, 5) is 0. The second-order valence-corrected chi connectivity index (χ2v) is 9.56. The van der Waals surface area contributed by atoms with E-state index in [1.807, 2.05) is 0 Å². The van der Waals surface area contributed by atoms with E-state index in [0.717, 1.165) is 24.5 Å². The van der Waals surface area contributed by atoms with Gasteiger partial charge in [-0.2, -0.15) is 0 Å². The van der Waals surface area contributed by atoms with Gasteiger partial charge in [-0.05, 0) is 64.1 Å². The molecule has 0 amide bonds. The van der Waals surface area contributed by atoms with Crippen LogP contribution in [0.5, 0.6) is 11.5 Å². The van der Waals surface area contributed by atoms with E-state index in [0.29, 0.717) is 33.0 Å². The summed E-state index contributed by atoms with van der Waals surface area (Å²) < 4.78 is 22.9. The largest absolute Gasteiger partial charge is 0.491 e. The van der Waals surface area contributed by atoms with Crippen LogP contribution in [-0.4, -0.2) is 39.6 Å². The van der Waals surface area contributed by atoms with Crippen LogP contribution in [0, 0.1) is 0 Å². The number of hydrogen-bond donors (Lipinski definition) is 0. The Balaban J connectivity index is 1.50. The van der Waals surface area contributed by atoms with Crippen LogP contribution in [0.25, 0.3) is 11.1 Å². The zero-order chi connectivity index (χ0) is 26.9. The molecule has 200 valence electrons. The van der Waals surface area contributed by atoms with E-state index >= 15 is 0 Å². The van der Waals surface area contributed by atoms with Crippen LogP contribution >= 0.6 is 0 Å². The molecule has 0 bridgehead atoms. The molecule has 0 fully saturated rings. The van der Waals surface area contributed by atoms with Crippen molar-refractivity contribution in [1.82, 2.24) is 0 Å². The summed E-state index contributed by atoms with van der Waals surface area (Å²) in [5.41, 5.74) is 7.01. The van der Waals surface area contributed by atoms with Gasteiger partial charge in [0, 0.05) is 6.61 Å². The van der Waals surface area contributed by atoms with Gasteiger partial charge in [0.05, 0.1) is 25.2 Å². The summed E-state index contributed by atoms with van der Waals surface area (Å²) in [5.74, 6) is 1.67. The van der Waals surface area contributed by atoms with Crippen molar-refractivity contribution >= 4 is 0 Å². The number of ether oxygens (including phenoxy) is 4. The summed E-state index contributed by atoms with van der Waals surface area (Å²) in [5, 5.41) is 0. The average molecular weight is 521 g/mol. The Bertz CT molecular complexity index is 1310. The van der Waals surface area contributed by atoms with Crippen LogP contribution in [-0.2, 0) is 14.9 Å². The molecular weight excluding hydrogens is 484 g/mol. The van der Waals surface area contributed by atoms with E-state index in [2.05, 4.69) is 111 Å². The number of rotatable bonds is 14. The van der Waals surface area contributed by atoms with E-state index in [1.165, 1.54) is 33.4 Å². The third-order valence-corrected chi connectivity index (χ3v) is 7.10. The third kappa shape index (κ3) is 5.49. The normalized spacial score (nSPS) is 12.9. The maximum atomic E-state index is 5.97. The van der Waals surface area contributed by atoms with Crippen molar-refractivity contribution < 1.29 is 18.9 Å². The van der Waals surface area contributed by atoms with Gasteiger partial charge >= 0.3 is 0 Å². The van der Waals surface area contributed by atoms with Crippen molar-refractivity contribution in [3.8, 4) is 22.6 Å². The smallest absolute Gasteiger partial charge is 0.119 e. The van der Waals surface area contributed by atoms with E-state index in [4.69, 9.17) is 18.9 Å². The highest BCUT2D eigenvalue weighted by molar-refractivity contribution is 5.86. The van der Waals surface area contributed by atoms with Gasteiger partial charge in [0.15, 0.2) is 0 Å². The minimum atomic E-state index is -0.457. The molecule has 0 saturated carbocycles. The second-order valence-electron chi connectivity index (χ2n) is 9.56. The highest BCUT2D eigenvalue weighted by Gasteiger charge is 2.45. The molecule has 0 aromatic heterocycles. The van der Waals surface area contributed by atoms with Gasteiger partial charge in [0.25, 0.3) is 0 Å². The van der Waals surface area contributed by atoms with Gasteiger partial charge in [-0.1, -0.05) is 85.8 Å². The Morgan fingerprint density at radius 2 is 1.08 bits per heavy atom. The topological polar surface area (TPSA) is 36.9 Å². The standard InChI is InChI=1S/C35H36O4/c1-3-21-36-23-25-38-29-17-13-27(14-18-29)35(28-15-19-30(20-16-28)39-26-24-37-22-4-2)33-11-7-5-9-31(33)32-10-6-8-12-34(32)35/h3,5-20H,1,4,21-26H2,2H3. The lowest BCUT2D eigenvalue weighted by Gasteiger charge is -2.34. The monoisotopic (exact) mass is 520 g/mol. The van der Waals surface area contributed by atoms with Crippen molar-refractivity contribution in [2.75, 3.05) is 39.6 Å². The first-order valence-electron chi connectivity index (χ1n) is 13.7. The van der Waals surface area contributed by atoms with Gasteiger partial charge in [0.1, 0.15) is 24.7 Å². The first kappa shape index (κ1) is 26.7. The van der Waals surface area contributed by atoms with Gasteiger partial charge in [-0.15, -0.1) is 6.58 Å². The van der Waals surface area contributed by atoms with Gasteiger partial charge < -0.3 is 18.9 Å². The summed E-state index contributed by atoms with van der Waals surface area (Å²) in [6, 6.07) is 34.5. The molecular formula is C35H36O4. The minimum Gasteiger partial charge on any atom is -0.491 e. The molecule has 4 aromatic rings. The predicted octanol–water partition coefficient (Wildman–Crippen LogP) is 7.44. The number of benzene rings is 4. The third-order valence-electron chi connectivity index (χ3n) is 7.10. The lowest BCUT2D eigenvalue weighted by Crippen LogP contribution is -2.28. The fraction of sp³-hybridized carbons (Fsp3) is 0.257. The lowest BCUT2D eigenvalue weighted by atomic mass is 9.68. The second kappa shape index (κ2) is 12.8. The molecule has 4 heteroatoms. The Morgan fingerprint density at radius 1 is 0.590 bits per heavy atom. The van der Waals surface area contributed by atoms with Gasteiger partial charge in [-0.3, -0.25) is 0 Å². The van der Waals surface area contributed by atoms with Crippen LogP contribution in [0.2, 0.25) is 0 Å². The van der Waals surface area contributed by atoms with Crippen molar-refractivity contribution in [2.45, 2.75) is 18.8 Å². The highest BCUT2D eigenvalue weighted by atomic mass is 16.5. The first-order chi connectivity index (χ1) is 19.3. The molecule has 0 atom stereocenters. The van der Waals surface area contributed by atoms with Crippen molar-refractivity contribution in [2.24, 2.45) is 0 Å². The van der Waals surface area contributed by atoms with E-state index in [-0.39, 0.29) is 0 Å². The van der Waals surface area contributed by atoms with E-state index < -0.39 is 5.41 Å². The summed E-state index contributed by atoms with van der Waals surface area (Å²) in [6.45, 7) is 9.22. The van der Waals surface area contributed by atoms with Crippen LogP contribution in [0.4, 0.5) is 0 Å². The first-order valence-corrected chi connectivity index (χ1v) is 13.7. The van der Waals surface area contributed by atoms with Crippen LogP contribution in [0.3, 0.4) is 0 Å². The molecule has 1 aliphatic rings. The van der Waals surface area contributed by atoms with Crippen molar-refractivity contribution in [1.29, 1.82) is 0 Å². The fourth-order valence-electron chi connectivity index (χ4n) is 5.48. The molecule has 0 unspecified atom stereocenters. The zero-order valence-electron chi connectivity index (χ0n) is 22.6. The molecule has 0 saturated heterocycles. The van der Waals surface area contributed by atoms with Crippen molar-refractivity contribution in [3.63, 3.8) is 0 Å². The molecule has 1 aliphatic carbocycles. The Morgan fingerprint density at radius 3 is 1.56 bits per heavy atom. The van der Waals surface area contributed by atoms with Gasteiger partial charge in [0.2, 0.25) is 0 Å². The van der Waals surface area contributed by atoms with Crippen molar-refractivity contribution in [3.05, 3.63) is 132 Å². The van der Waals surface area contributed by atoms with Crippen LogP contribution < -0.4 is 9.47 Å². The molecule has 4 aromatic carbocycles. The quantitative estimate of drug-likeness (QED) is 0.113. The molecule has 0 radical (unpaired) electrons. The highest BCUT2D eigenvalue weighted by Crippen LogP contribution is 2.56. The summed E-state index contributed by atoms with van der Waals surface area (Å²) in [7, 11) is 0. The van der Waals surface area contributed by atoms with E-state index in [1.54, 1.807) is 6.08 Å². The zero-order valence-corrected chi connectivity index (χ0v) is 22.6. The molecule has 4 nitrogen and oxygen atoms in total. The number of fused-ring (bicyclic) bond motifs is 3. The molecule has 39 heavy (non-hydrogen) atoms. The lowest BCUT2D eigenvalue weighted by molar-refractivity contribution is 0.101. The Kier molecular flexibility index (Phi) is 8.77. The SMILES string of the molecule is C=CCOCCOc1ccc(C2(c3ccc(OCCOCCC)cc3)c3ccccc3-c3ccccc32)cc1. The summed E-state index contributed by atoms with van der Waals surface area (Å²) in [6.07, 6.45) is 2.75.